The molecule has 7 aromatic rings. The summed E-state index contributed by atoms with van der Waals surface area (Å²) in [5.41, 5.74) is 53.7. The van der Waals surface area contributed by atoms with E-state index in [1.807, 2.05) is 61.6 Å². The van der Waals surface area contributed by atoms with Crippen LogP contribution in [0.1, 0.15) is 139 Å². The topological polar surface area (TPSA) is 366 Å². The van der Waals surface area contributed by atoms with E-state index in [0.29, 0.717) is 70.0 Å². The van der Waals surface area contributed by atoms with Crippen LogP contribution in [0.2, 0.25) is 0 Å². The van der Waals surface area contributed by atoms with Crippen LogP contribution in [0.5, 0.6) is 0 Å². The third kappa shape index (κ3) is 47.2. The molecule has 0 bridgehead atoms. The van der Waals surface area contributed by atoms with E-state index < -0.39 is 0 Å². The fourth-order valence-corrected chi connectivity index (χ4v) is 10.4. The zero-order valence-corrected chi connectivity index (χ0v) is 64.2. The van der Waals surface area contributed by atoms with Gasteiger partial charge < -0.3 is 72.0 Å². The number of carbonyl (C=O) groups excluding carboxylic acids is 2. The maximum Gasteiger partial charge on any atom is 0.150 e. The summed E-state index contributed by atoms with van der Waals surface area (Å²) in [5, 5.41) is 21.0. The molecule has 0 aliphatic carbocycles. The molecule has 584 valence electrons. The second-order valence-electron chi connectivity index (χ2n) is 25.8. The summed E-state index contributed by atoms with van der Waals surface area (Å²) in [7, 11) is 0. The fourth-order valence-electron chi connectivity index (χ4n) is 10.4. The summed E-state index contributed by atoms with van der Waals surface area (Å²) in [6.45, 7) is 23.1. The molecule has 0 fully saturated rings. The van der Waals surface area contributed by atoms with Gasteiger partial charge in [0, 0.05) is 192 Å². The average Bonchev–Trinajstić information content (AvgIpc) is 1.01. The standard InChI is InChI=1S/C36H58N8.C36H46N8.C8H6O2.C6H18N4/c2*37-17-23-43-29-35-13-9-33(10-14-35)27-41-21-3-1-19-39-25-31-5-7-32(8-6-31)26-40-20-2-4-22-42-28-34-11-15-36(16-12-34)30-44-24-18-38;9-5-7-1-2-8(6-10)4-3-7;7-1-4-10(5-2-8)6-3-9/h5-16,39-44H,1-4,17-30,37-38H2;5-16,25-30H,1-4,17-24,37-38H2;1-6H;1-9H2. The average molecular weight is 1470 g/mol. The molecule has 0 heterocycles. The Labute approximate surface area is 645 Å². The molecule has 7 aromatic carbocycles. The Balaban J connectivity index is 0.000000362. The Morgan fingerprint density at radius 1 is 0.231 bits per heavy atom. The summed E-state index contributed by atoms with van der Waals surface area (Å²) in [6, 6.07) is 57.8. The first-order chi connectivity index (χ1) is 53.2. The molecule has 22 heteroatoms. The molecule has 0 amide bonds. The third-order valence-corrected chi connectivity index (χ3v) is 16.6. The number of unbranched alkanes of at least 4 members (excludes halogenated alkanes) is 4. The molecular weight excluding hydrogens is 1350 g/mol. The number of benzene rings is 7. The predicted octanol–water partition coefficient (Wildman–Crippen LogP) is 7.66. The molecule has 108 heavy (non-hydrogen) atoms. The minimum Gasteiger partial charge on any atom is -0.329 e. The molecule has 7 rings (SSSR count). The van der Waals surface area contributed by atoms with Crippen LogP contribution in [0.25, 0.3) is 0 Å². The number of aldehydes is 2. The van der Waals surface area contributed by atoms with Gasteiger partial charge >= 0.3 is 0 Å². The van der Waals surface area contributed by atoms with E-state index in [4.69, 9.17) is 40.1 Å². The van der Waals surface area contributed by atoms with E-state index in [2.05, 4.69) is 188 Å². The van der Waals surface area contributed by atoms with Crippen molar-refractivity contribution in [2.45, 2.75) is 90.6 Å². The highest BCUT2D eigenvalue weighted by Gasteiger charge is 2.03. The summed E-state index contributed by atoms with van der Waals surface area (Å²) < 4.78 is 0. The van der Waals surface area contributed by atoms with Gasteiger partial charge in [-0.25, -0.2) is 0 Å². The van der Waals surface area contributed by atoms with E-state index in [0.717, 1.165) is 196 Å². The predicted molar refractivity (Wildman–Crippen MR) is 458 cm³/mol. The summed E-state index contributed by atoms with van der Waals surface area (Å²) in [6.07, 6.45) is 21.7. The first-order valence-electron chi connectivity index (χ1n) is 38.6. The summed E-state index contributed by atoms with van der Waals surface area (Å²) in [4.78, 5) is 49.1. The van der Waals surface area contributed by atoms with Crippen molar-refractivity contribution in [2.24, 2.45) is 70.1 Å². The minimum atomic E-state index is 0.570. The Morgan fingerprint density at radius 3 is 0.611 bits per heavy atom. The van der Waals surface area contributed by atoms with Gasteiger partial charge in [0.25, 0.3) is 0 Å². The van der Waals surface area contributed by atoms with Crippen molar-refractivity contribution in [3.05, 3.63) is 248 Å². The zero-order chi connectivity index (χ0) is 77.1. The Bertz CT molecular complexity index is 3260. The number of rotatable bonds is 54. The third-order valence-electron chi connectivity index (χ3n) is 16.6. The van der Waals surface area contributed by atoms with Crippen molar-refractivity contribution >= 4 is 49.9 Å². The Hall–Kier alpha value is -8.66. The van der Waals surface area contributed by atoms with Crippen molar-refractivity contribution in [3.63, 3.8) is 0 Å². The number of hydrogen-bond acceptors (Lipinski definition) is 22. The molecule has 0 radical (unpaired) electrons. The molecule has 0 aliphatic heterocycles. The molecular formula is C86H128N20O2. The van der Waals surface area contributed by atoms with Crippen LogP contribution in [-0.2, 0) is 39.3 Å². The lowest BCUT2D eigenvalue weighted by Crippen LogP contribution is -2.37. The number of nitrogens with zero attached hydrogens (tertiary/aromatic N) is 7. The molecule has 22 nitrogen and oxygen atoms in total. The van der Waals surface area contributed by atoms with Gasteiger partial charge in [0.1, 0.15) is 12.6 Å². The summed E-state index contributed by atoms with van der Waals surface area (Å²) in [5.74, 6) is 0. The van der Waals surface area contributed by atoms with Crippen LogP contribution >= 0.6 is 0 Å². The van der Waals surface area contributed by atoms with E-state index in [9.17, 15) is 9.59 Å². The van der Waals surface area contributed by atoms with Gasteiger partial charge in [0.05, 0.1) is 13.1 Å². The van der Waals surface area contributed by atoms with Crippen LogP contribution in [0.3, 0.4) is 0 Å². The maximum atomic E-state index is 10.1. The van der Waals surface area contributed by atoms with Gasteiger partial charge in [-0.05, 0) is 144 Å². The van der Waals surface area contributed by atoms with Crippen molar-refractivity contribution in [2.75, 3.05) is 144 Å². The Morgan fingerprint density at radius 2 is 0.426 bits per heavy atom. The first-order valence-corrected chi connectivity index (χ1v) is 38.6. The lowest BCUT2D eigenvalue weighted by molar-refractivity contribution is 0.111. The smallest absolute Gasteiger partial charge is 0.150 e. The van der Waals surface area contributed by atoms with Gasteiger partial charge in [0.15, 0.2) is 0 Å². The summed E-state index contributed by atoms with van der Waals surface area (Å²) >= 11 is 0. The van der Waals surface area contributed by atoms with Crippen LogP contribution in [0.4, 0.5) is 0 Å². The Kier molecular flexibility index (Phi) is 54.6. The maximum absolute atomic E-state index is 10.1. The van der Waals surface area contributed by atoms with Crippen molar-refractivity contribution in [3.8, 4) is 0 Å². The molecule has 0 unspecified atom stereocenters. The second-order valence-corrected chi connectivity index (χ2v) is 25.8. The van der Waals surface area contributed by atoms with Gasteiger partial charge in [-0.15, -0.1) is 0 Å². The van der Waals surface area contributed by atoms with Crippen LogP contribution in [-0.4, -0.2) is 199 Å². The normalized spacial score (nSPS) is 11.5. The SMILES string of the molecule is NCCN(CCN)CCN.NCCN=Cc1ccc(C=NCCCCN=Cc2ccc(C=NCCCCN=Cc3ccc(C=NCCN)cc3)cc2)cc1.NCCNCc1ccc(CNCCCCNCc2ccc(CNCCCCNCc3ccc(CNCCN)cc3)cc2)cc1.O=Cc1ccc(C=O)cc1. The van der Waals surface area contributed by atoms with E-state index in [-0.39, 0.29) is 0 Å². The highest BCUT2D eigenvalue weighted by atomic mass is 16.1. The van der Waals surface area contributed by atoms with Crippen molar-refractivity contribution in [1.82, 2.24) is 36.8 Å². The number of nitrogens with two attached hydrogens (primary N) is 7. The molecule has 0 spiro atoms. The monoisotopic (exact) mass is 1470 g/mol. The van der Waals surface area contributed by atoms with Crippen molar-refractivity contribution in [1.29, 1.82) is 0 Å². The highest BCUT2D eigenvalue weighted by molar-refractivity contribution is 5.86. The molecule has 20 N–H and O–H groups in total. The van der Waals surface area contributed by atoms with Gasteiger partial charge in [0.2, 0.25) is 0 Å². The van der Waals surface area contributed by atoms with E-state index in [1.54, 1.807) is 24.3 Å². The minimum absolute atomic E-state index is 0.570. The lowest BCUT2D eigenvalue weighted by atomic mass is 10.1. The molecule has 0 aromatic heterocycles. The van der Waals surface area contributed by atoms with E-state index >= 15 is 0 Å². The lowest BCUT2D eigenvalue weighted by Gasteiger charge is -2.18. The molecule has 0 aliphatic rings. The van der Waals surface area contributed by atoms with E-state index in [1.165, 1.54) is 59.1 Å². The van der Waals surface area contributed by atoms with Gasteiger partial charge in [-0.1, -0.05) is 170 Å². The quantitative estimate of drug-likeness (QED) is 0.00988. The van der Waals surface area contributed by atoms with Gasteiger partial charge in [-0.2, -0.15) is 0 Å². The van der Waals surface area contributed by atoms with Crippen LogP contribution < -0.4 is 72.0 Å². The number of carbonyl (C=O) groups is 2. The highest BCUT2D eigenvalue weighted by Crippen LogP contribution is 2.10. The van der Waals surface area contributed by atoms with Crippen LogP contribution in [0.15, 0.2) is 200 Å². The largest absolute Gasteiger partial charge is 0.329 e. The molecule has 0 saturated carbocycles. The fraction of sp³-hybridized carbons (Fsp3) is 0.419. The second kappa shape index (κ2) is 64.3. The first kappa shape index (κ1) is 91.7. The molecule has 0 saturated heterocycles. The zero-order valence-electron chi connectivity index (χ0n) is 64.2. The number of aliphatic imine (C=N–C) groups is 6. The van der Waals surface area contributed by atoms with Crippen molar-refractivity contribution < 1.29 is 9.59 Å². The van der Waals surface area contributed by atoms with Gasteiger partial charge in [-0.3, -0.25) is 44.4 Å². The number of nitrogens with one attached hydrogen (secondary N) is 6. The number of hydrogen-bond donors (Lipinski definition) is 13. The van der Waals surface area contributed by atoms with Crippen LogP contribution in [0, 0.1) is 0 Å². The molecule has 0 atom stereocenters.